The van der Waals surface area contributed by atoms with Gasteiger partial charge in [-0.25, -0.2) is 32.6 Å². The van der Waals surface area contributed by atoms with Gasteiger partial charge in [0.25, 0.3) is 5.91 Å². The molecule has 5 aromatic rings. The van der Waals surface area contributed by atoms with Gasteiger partial charge in [-0.2, -0.15) is 5.10 Å². The van der Waals surface area contributed by atoms with Gasteiger partial charge < -0.3 is 0 Å². The van der Waals surface area contributed by atoms with Gasteiger partial charge in [0.2, 0.25) is 16.0 Å². The van der Waals surface area contributed by atoms with Crippen molar-refractivity contribution in [2.24, 2.45) is 5.14 Å². The molecule has 5 rings (SSSR count). The van der Waals surface area contributed by atoms with Crippen LogP contribution in [0, 0.1) is 12.7 Å². The van der Waals surface area contributed by atoms with Crippen LogP contribution in [0.1, 0.15) is 16.2 Å². The van der Waals surface area contributed by atoms with Crippen LogP contribution in [-0.4, -0.2) is 34.1 Å². The van der Waals surface area contributed by atoms with E-state index in [-0.39, 0.29) is 22.2 Å². The molecule has 0 unspecified atom stereocenters. The smallest absolute Gasteiger partial charge is 0.276 e. The number of nitrogens with one attached hydrogen (secondary N) is 1. The third-order valence-corrected chi connectivity index (χ3v) is 6.46. The van der Waals surface area contributed by atoms with Crippen molar-refractivity contribution in [1.82, 2.24) is 19.7 Å². The Hall–Kier alpha value is -4.48. The maximum atomic E-state index is 14.9. The van der Waals surface area contributed by atoms with Gasteiger partial charge in [-0.05, 0) is 42.0 Å². The molecule has 3 aromatic carbocycles. The maximum Gasteiger partial charge on any atom is 0.276 e. The molecule has 0 atom stereocenters. The molecule has 0 spiro atoms. The molecule has 0 aliphatic rings. The lowest BCUT2D eigenvalue weighted by molar-refractivity contribution is 0.101. The first kappa shape index (κ1) is 23.3. The molecule has 1 amide bonds. The second-order valence-corrected chi connectivity index (χ2v) is 9.55. The topological polar surface area (TPSA) is 133 Å². The number of nitrogens with zero attached hydrogens (tertiary/aromatic N) is 4. The molecule has 2 aromatic heterocycles. The number of carbonyl (C=O) groups excluding carboxylic acids is 1. The highest BCUT2D eigenvalue weighted by atomic mass is 32.2. The second-order valence-electron chi connectivity index (χ2n) is 8.02. The zero-order valence-electron chi connectivity index (χ0n) is 18.9. The summed E-state index contributed by atoms with van der Waals surface area (Å²) in [6, 6.07) is 18.0. The molecule has 2 heterocycles. The highest BCUT2D eigenvalue weighted by Gasteiger charge is 2.20. The Balaban J connectivity index is 1.45. The number of primary sulfonamides is 1. The first-order valence-corrected chi connectivity index (χ1v) is 12.3. The molecule has 9 nitrogen and oxygen atoms in total. The first-order valence-electron chi connectivity index (χ1n) is 10.7. The number of sulfonamides is 1. The zero-order chi connectivity index (χ0) is 25.4. The van der Waals surface area contributed by atoms with Crippen LogP contribution in [0.5, 0.6) is 0 Å². The molecular weight excluding hydrogens is 483 g/mol. The van der Waals surface area contributed by atoms with E-state index >= 15 is 0 Å². The highest BCUT2D eigenvalue weighted by Crippen LogP contribution is 2.26. The summed E-state index contributed by atoms with van der Waals surface area (Å²) in [6.07, 6.45) is 2.75. The van der Waals surface area contributed by atoms with Crippen LogP contribution in [0.2, 0.25) is 0 Å². The SMILES string of the molecule is Cc1cc(C(=O)Nc2ncc(-c3ccccc3S(N)(=O)=O)cn2)n(-c2cc3ccccc3cc2F)n1. The Morgan fingerprint density at radius 3 is 2.31 bits per heavy atom. The van der Waals surface area contributed by atoms with Crippen molar-refractivity contribution in [2.45, 2.75) is 11.8 Å². The van der Waals surface area contributed by atoms with Crippen molar-refractivity contribution < 1.29 is 17.6 Å². The molecule has 11 heteroatoms. The van der Waals surface area contributed by atoms with E-state index in [2.05, 4.69) is 20.4 Å². The normalized spacial score (nSPS) is 11.5. The number of aryl methyl sites for hydroxylation is 1. The van der Waals surface area contributed by atoms with Crippen LogP contribution in [0.3, 0.4) is 0 Å². The van der Waals surface area contributed by atoms with Crippen LogP contribution in [0.15, 0.2) is 84.0 Å². The number of anilines is 1. The van der Waals surface area contributed by atoms with E-state index < -0.39 is 21.7 Å². The second kappa shape index (κ2) is 8.95. The van der Waals surface area contributed by atoms with Crippen molar-refractivity contribution in [3.8, 4) is 16.8 Å². The fraction of sp³-hybridized carbons (Fsp3) is 0.0400. The van der Waals surface area contributed by atoms with E-state index in [0.717, 1.165) is 10.8 Å². The number of rotatable bonds is 5. The van der Waals surface area contributed by atoms with Gasteiger partial charge in [0, 0.05) is 23.5 Å². The number of carbonyl (C=O) groups is 1. The number of amides is 1. The van der Waals surface area contributed by atoms with Crippen molar-refractivity contribution >= 4 is 32.7 Å². The quantitative estimate of drug-likeness (QED) is 0.375. The van der Waals surface area contributed by atoms with Crippen LogP contribution < -0.4 is 10.5 Å². The third kappa shape index (κ3) is 4.44. The predicted molar refractivity (Wildman–Crippen MR) is 133 cm³/mol. The summed E-state index contributed by atoms with van der Waals surface area (Å²) in [6.45, 7) is 1.69. The third-order valence-electron chi connectivity index (χ3n) is 5.49. The van der Waals surface area contributed by atoms with Gasteiger partial charge in [0.05, 0.1) is 10.6 Å². The average molecular weight is 503 g/mol. The molecule has 36 heavy (non-hydrogen) atoms. The van der Waals surface area contributed by atoms with Crippen LogP contribution in [0.25, 0.3) is 27.6 Å². The van der Waals surface area contributed by atoms with Crippen LogP contribution in [-0.2, 0) is 10.0 Å². The van der Waals surface area contributed by atoms with E-state index in [0.29, 0.717) is 16.8 Å². The van der Waals surface area contributed by atoms with E-state index in [9.17, 15) is 17.6 Å². The molecule has 0 fully saturated rings. The summed E-state index contributed by atoms with van der Waals surface area (Å²) in [5.74, 6) is -1.15. The molecule has 0 aliphatic carbocycles. The van der Waals surface area contributed by atoms with Gasteiger partial charge in [0.15, 0.2) is 0 Å². The summed E-state index contributed by atoms with van der Waals surface area (Å²) in [5.41, 5.74) is 1.47. The molecule has 3 N–H and O–H groups in total. The molecule has 0 saturated carbocycles. The Kier molecular flexibility index (Phi) is 5.78. The van der Waals surface area contributed by atoms with Gasteiger partial charge in [-0.1, -0.05) is 42.5 Å². The number of benzene rings is 3. The average Bonchev–Trinajstić information content (AvgIpc) is 3.25. The fourth-order valence-electron chi connectivity index (χ4n) is 3.86. The van der Waals surface area contributed by atoms with Gasteiger partial charge >= 0.3 is 0 Å². The number of halogens is 1. The van der Waals surface area contributed by atoms with E-state index in [1.807, 2.05) is 18.2 Å². The Morgan fingerprint density at radius 2 is 1.61 bits per heavy atom. The molecule has 180 valence electrons. The fourth-order valence-corrected chi connectivity index (χ4v) is 4.62. The van der Waals surface area contributed by atoms with E-state index in [1.165, 1.54) is 35.3 Å². The van der Waals surface area contributed by atoms with Gasteiger partial charge in [-0.15, -0.1) is 0 Å². The Morgan fingerprint density at radius 1 is 0.972 bits per heavy atom. The van der Waals surface area contributed by atoms with Crippen LogP contribution >= 0.6 is 0 Å². The largest absolute Gasteiger partial charge is 0.289 e. The summed E-state index contributed by atoms with van der Waals surface area (Å²) in [7, 11) is -3.96. The lowest BCUT2D eigenvalue weighted by Crippen LogP contribution is -2.19. The lowest BCUT2D eigenvalue weighted by Gasteiger charge is -2.11. The van der Waals surface area contributed by atoms with Crippen molar-refractivity contribution in [1.29, 1.82) is 0 Å². The van der Waals surface area contributed by atoms with E-state index in [1.54, 1.807) is 37.3 Å². The molecule has 0 aliphatic heterocycles. The zero-order valence-corrected chi connectivity index (χ0v) is 19.7. The number of nitrogens with two attached hydrogens (primary N) is 1. The minimum atomic E-state index is -3.96. The summed E-state index contributed by atoms with van der Waals surface area (Å²) < 4.78 is 40.0. The van der Waals surface area contributed by atoms with Crippen molar-refractivity contribution in [2.75, 3.05) is 5.32 Å². The number of fused-ring (bicyclic) bond motifs is 1. The summed E-state index contributed by atoms with van der Waals surface area (Å²) >= 11 is 0. The van der Waals surface area contributed by atoms with Crippen molar-refractivity contribution in [3.63, 3.8) is 0 Å². The molecule has 0 radical (unpaired) electrons. The molecule has 0 saturated heterocycles. The summed E-state index contributed by atoms with van der Waals surface area (Å²) in [5, 5.41) is 13.7. The Bertz CT molecular complexity index is 1730. The molecular formula is C25H19FN6O3S. The number of hydrogen-bond donors (Lipinski definition) is 2. The van der Waals surface area contributed by atoms with Gasteiger partial charge in [-0.3, -0.25) is 10.1 Å². The summed E-state index contributed by atoms with van der Waals surface area (Å²) in [4.78, 5) is 21.3. The monoisotopic (exact) mass is 502 g/mol. The molecule has 0 bridgehead atoms. The predicted octanol–water partition coefficient (Wildman–Crippen LogP) is 3.83. The van der Waals surface area contributed by atoms with Crippen molar-refractivity contribution in [3.05, 3.63) is 96.3 Å². The first-order chi connectivity index (χ1) is 17.2. The van der Waals surface area contributed by atoms with Gasteiger partial charge in [0.1, 0.15) is 17.2 Å². The highest BCUT2D eigenvalue weighted by molar-refractivity contribution is 7.89. The van der Waals surface area contributed by atoms with Crippen LogP contribution in [0.4, 0.5) is 10.3 Å². The lowest BCUT2D eigenvalue weighted by atomic mass is 10.1. The van der Waals surface area contributed by atoms with E-state index in [4.69, 9.17) is 5.14 Å². The maximum absolute atomic E-state index is 14.9. The number of aromatic nitrogens is 4. The Labute approximate surface area is 205 Å². The minimum absolute atomic E-state index is 0.0266. The minimum Gasteiger partial charge on any atom is -0.289 e. The number of hydrogen-bond acceptors (Lipinski definition) is 6. The standard InChI is InChI=1S/C25H19FN6O3S/c1-15-10-22(32(31-15)21-12-17-7-3-2-6-16(17)11-20(21)26)24(33)30-25-28-13-18(14-29-25)19-8-4-5-9-23(19)36(27,34)35/h2-14H,1H3,(H2,27,34,35)(H,28,29,30,33).